The minimum atomic E-state index is 0.632. The van der Waals surface area contributed by atoms with Gasteiger partial charge in [0.2, 0.25) is 5.13 Å². The smallest absolute Gasteiger partial charge is 0.205 e. The van der Waals surface area contributed by atoms with Crippen LogP contribution in [0, 0.1) is 6.92 Å². The lowest BCUT2D eigenvalue weighted by atomic mass is 10.0. The highest BCUT2D eigenvalue weighted by Gasteiger charge is 2.26. The molecule has 2 aromatic rings. The maximum atomic E-state index is 4.53. The number of rotatable bonds is 4. The molecule has 4 heteroatoms. The fourth-order valence-corrected chi connectivity index (χ4v) is 3.54. The van der Waals surface area contributed by atoms with Crippen LogP contribution in [0.4, 0.5) is 5.13 Å². The van der Waals surface area contributed by atoms with Crippen LogP contribution >= 0.6 is 11.5 Å². The number of hydrogen-bond acceptors (Lipinski definition) is 4. The number of anilines is 1. The van der Waals surface area contributed by atoms with E-state index in [0.717, 1.165) is 23.9 Å². The van der Waals surface area contributed by atoms with Crippen LogP contribution in [-0.2, 0) is 6.42 Å². The summed E-state index contributed by atoms with van der Waals surface area (Å²) in [6, 6.07) is 11.4. The molecule has 3 nitrogen and oxygen atoms in total. The first-order valence-electron chi connectivity index (χ1n) is 6.94. The minimum absolute atomic E-state index is 0.632. The maximum Gasteiger partial charge on any atom is 0.205 e. The van der Waals surface area contributed by atoms with Gasteiger partial charge in [0.15, 0.2) is 0 Å². The molecule has 1 saturated heterocycles. The molecule has 0 radical (unpaired) electrons. The monoisotopic (exact) mass is 273 g/mol. The summed E-state index contributed by atoms with van der Waals surface area (Å²) < 4.78 is 4.30. The summed E-state index contributed by atoms with van der Waals surface area (Å²) in [5.74, 6) is 0.897. The SMILES string of the molecule is Cc1nsc(N2CCCC2CCc2ccccc2)n1. The van der Waals surface area contributed by atoms with Crippen molar-refractivity contribution in [2.75, 3.05) is 11.4 Å². The summed E-state index contributed by atoms with van der Waals surface area (Å²) in [4.78, 5) is 6.98. The van der Waals surface area contributed by atoms with Crippen LogP contribution in [0.1, 0.15) is 30.7 Å². The predicted molar refractivity (Wildman–Crippen MR) is 79.8 cm³/mol. The molecule has 0 N–H and O–H groups in total. The van der Waals surface area contributed by atoms with E-state index in [2.05, 4.69) is 44.6 Å². The van der Waals surface area contributed by atoms with E-state index in [9.17, 15) is 0 Å². The van der Waals surface area contributed by atoms with Gasteiger partial charge in [0.05, 0.1) is 0 Å². The lowest BCUT2D eigenvalue weighted by Gasteiger charge is -2.23. The molecule has 1 aromatic heterocycles. The van der Waals surface area contributed by atoms with E-state index in [0.29, 0.717) is 6.04 Å². The topological polar surface area (TPSA) is 29.0 Å². The first kappa shape index (κ1) is 12.6. The molecule has 1 unspecified atom stereocenters. The molecule has 1 fully saturated rings. The highest BCUT2D eigenvalue weighted by atomic mass is 32.1. The first-order chi connectivity index (χ1) is 9.33. The second kappa shape index (κ2) is 5.70. The van der Waals surface area contributed by atoms with Gasteiger partial charge in [0.1, 0.15) is 5.82 Å². The van der Waals surface area contributed by atoms with Crippen molar-refractivity contribution >= 4 is 16.7 Å². The number of hydrogen-bond donors (Lipinski definition) is 0. The minimum Gasteiger partial charge on any atom is -0.344 e. The van der Waals surface area contributed by atoms with Crippen LogP contribution in [0.5, 0.6) is 0 Å². The van der Waals surface area contributed by atoms with Crippen molar-refractivity contribution in [3.8, 4) is 0 Å². The van der Waals surface area contributed by atoms with Gasteiger partial charge in [-0.15, -0.1) is 0 Å². The third-order valence-electron chi connectivity index (χ3n) is 3.75. The maximum absolute atomic E-state index is 4.53. The quantitative estimate of drug-likeness (QED) is 0.854. The Morgan fingerprint density at radius 2 is 2.16 bits per heavy atom. The summed E-state index contributed by atoms with van der Waals surface area (Å²) >= 11 is 1.54. The van der Waals surface area contributed by atoms with Gasteiger partial charge >= 0.3 is 0 Å². The average Bonchev–Trinajstić information content (AvgIpc) is 3.06. The van der Waals surface area contributed by atoms with Crippen molar-refractivity contribution in [3.05, 3.63) is 41.7 Å². The van der Waals surface area contributed by atoms with Gasteiger partial charge in [0.25, 0.3) is 0 Å². The van der Waals surface area contributed by atoms with Crippen molar-refractivity contribution in [1.29, 1.82) is 0 Å². The van der Waals surface area contributed by atoms with E-state index in [-0.39, 0.29) is 0 Å². The second-order valence-electron chi connectivity index (χ2n) is 5.14. The molecule has 100 valence electrons. The van der Waals surface area contributed by atoms with Crippen LogP contribution in [0.15, 0.2) is 30.3 Å². The van der Waals surface area contributed by atoms with Crippen molar-refractivity contribution in [2.45, 2.75) is 38.6 Å². The summed E-state index contributed by atoms with van der Waals surface area (Å²) in [5, 5.41) is 1.10. The van der Waals surface area contributed by atoms with Gasteiger partial charge in [0, 0.05) is 24.1 Å². The lowest BCUT2D eigenvalue weighted by molar-refractivity contribution is 0.609. The molecule has 0 spiro atoms. The van der Waals surface area contributed by atoms with E-state index < -0.39 is 0 Å². The number of aromatic nitrogens is 2. The van der Waals surface area contributed by atoms with Crippen molar-refractivity contribution in [1.82, 2.24) is 9.36 Å². The number of aryl methyl sites for hydroxylation is 2. The summed E-state index contributed by atoms with van der Waals surface area (Å²) in [6.45, 7) is 3.10. The predicted octanol–water partition coefficient (Wildman–Crippen LogP) is 3.45. The van der Waals surface area contributed by atoms with Crippen LogP contribution in [0.3, 0.4) is 0 Å². The summed E-state index contributed by atoms with van der Waals surface area (Å²) in [6.07, 6.45) is 4.92. The van der Waals surface area contributed by atoms with Crippen LogP contribution in [0.25, 0.3) is 0 Å². The largest absolute Gasteiger partial charge is 0.344 e. The standard InChI is InChI=1S/C15H19N3S/c1-12-16-15(19-17-12)18-11-5-8-14(18)10-9-13-6-3-2-4-7-13/h2-4,6-7,14H,5,8-11H2,1H3. The summed E-state index contributed by atoms with van der Waals surface area (Å²) in [7, 11) is 0. The molecular formula is C15H19N3S. The second-order valence-corrected chi connectivity index (χ2v) is 5.87. The van der Waals surface area contributed by atoms with Crippen molar-refractivity contribution in [2.24, 2.45) is 0 Å². The van der Waals surface area contributed by atoms with Gasteiger partial charge in [-0.05, 0) is 38.2 Å². The lowest BCUT2D eigenvalue weighted by Crippen LogP contribution is -2.29. The third kappa shape index (κ3) is 2.95. The van der Waals surface area contributed by atoms with E-state index in [1.165, 1.54) is 36.4 Å². The fourth-order valence-electron chi connectivity index (χ4n) is 2.77. The molecule has 0 saturated carbocycles. The highest BCUT2D eigenvalue weighted by Crippen LogP contribution is 2.29. The van der Waals surface area contributed by atoms with Crippen molar-refractivity contribution in [3.63, 3.8) is 0 Å². The van der Waals surface area contributed by atoms with Gasteiger partial charge in [-0.2, -0.15) is 4.37 Å². The third-order valence-corrected chi connectivity index (χ3v) is 4.59. The Labute approximate surface area is 118 Å². The molecule has 3 rings (SSSR count). The van der Waals surface area contributed by atoms with E-state index >= 15 is 0 Å². The zero-order valence-corrected chi connectivity index (χ0v) is 12.1. The Balaban J connectivity index is 1.64. The molecule has 0 amide bonds. The first-order valence-corrected chi connectivity index (χ1v) is 7.71. The molecule has 1 aromatic carbocycles. The normalized spacial score (nSPS) is 19.0. The molecule has 0 bridgehead atoms. The zero-order valence-electron chi connectivity index (χ0n) is 11.2. The zero-order chi connectivity index (χ0) is 13.1. The molecule has 1 atom stereocenters. The Hall–Kier alpha value is -1.42. The van der Waals surface area contributed by atoms with Crippen molar-refractivity contribution < 1.29 is 0 Å². The van der Waals surface area contributed by atoms with Gasteiger partial charge in [-0.1, -0.05) is 30.3 Å². The Morgan fingerprint density at radius 1 is 1.32 bits per heavy atom. The van der Waals surface area contributed by atoms with Gasteiger partial charge in [-0.3, -0.25) is 0 Å². The van der Waals surface area contributed by atoms with E-state index in [4.69, 9.17) is 0 Å². The molecule has 2 heterocycles. The molecule has 19 heavy (non-hydrogen) atoms. The van der Waals surface area contributed by atoms with Crippen LogP contribution in [-0.4, -0.2) is 21.9 Å². The molecule has 0 aliphatic carbocycles. The van der Waals surface area contributed by atoms with Gasteiger partial charge < -0.3 is 4.90 Å². The molecule has 1 aliphatic heterocycles. The average molecular weight is 273 g/mol. The Morgan fingerprint density at radius 3 is 2.89 bits per heavy atom. The Kier molecular flexibility index (Phi) is 3.78. The van der Waals surface area contributed by atoms with Gasteiger partial charge in [-0.25, -0.2) is 4.98 Å². The highest BCUT2D eigenvalue weighted by molar-refractivity contribution is 7.09. The van der Waals surface area contributed by atoms with Crippen LogP contribution < -0.4 is 4.90 Å². The van der Waals surface area contributed by atoms with E-state index in [1.807, 2.05) is 6.92 Å². The molecule has 1 aliphatic rings. The number of benzene rings is 1. The van der Waals surface area contributed by atoms with Crippen LogP contribution in [0.2, 0.25) is 0 Å². The van der Waals surface area contributed by atoms with E-state index in [1.54, 1.807) is 0 Å². The fraction of sp³-hybridized carbons (Fsp3) is 0.467. The molecular weight excluding hydrogens is 254 g/mol. The number of nitrogens with zero attached hydrogens (tertiary/aromatic N) is 3. The Bertz CT molecular complexity index is 523. The summed E-state index contributed by atoms with van der Waals surface area (Å²) in [5.41, 5.74) is 1.43.